The summed E-state index contributed by atoms with van der Waals surface area (Å²) in [6, 6.07) is 1.55. The van der Waals surface area contributed by atoms with Crippen molar-refractivity contribution in [3.63, 3.8) is 0 Å². The van der Waals surface area contributed by atoms with E-state index in [1.807, 2.05) is 0 Å². The monoisotopic (exact) mass is 199 g/mol. The van der Waals surface area contributed by atoms with Crippen molar-refractivity contribution < 1.29 is 13.5 Å². The van der Waals surface area contributed by atoms with Crippen LogP contribution in [0.4, 0.5) is 8.78 Å². The molecule has 0 aromatic carbocycles. The van der Waals surface area contributed by atoms with E-state index >= 15 is 0 Å². The number of alkyl halides is 2. The van der Waals surface area contributed by atoms with Crippen molar-refractivity contribution >= 4 is 5.65 Å². The molecule has 0 saturated carbocycles. The Hall–Kier alpha value is -1.72. The van der Waals surface area contributed by atoms with Crippen LogP contribution in [0.15, 0.2) is 24.7 Å². The zero-order valence-electron chi connectivity index (χ0n) is 7.10. The van der Waals surface area contributed by atoms with Crippen molar-refractivity contribution in [3.8, 4) is 5.75 Å². The second-order valence-corrected chi connectivity index (χ2v) is 2.62. The van der Waals surface area contributed by atoms with Crippen LogP contribution < -0.4 is 4.74 Å². The Balaban J connectivity index is 2.17. The third-order valence-corrected chi connectivity index (χ3v) is 1.61. The lowest BCUT2D eigenvalue weighted by molar-refractivity contribution is 0.0817. The second kappa shape index (κ2) is 3.57. The van der Waals surface area contributed by atoms with Gasteiger partial charge in [-0.15, -0.1) is 0 Å². The van der Waals surface area contributed by atoms with E-state index in [1.165, 1.54) is 10.7 Å². The summed E-state index contributed by atoms with van der Waals surface area (Å²) in [5.74, 6) is 0.295. The maximum Gasteiger partial charge on any atom is 0.272 e. The average Bonchev–Trinajstić information content (AvgIpc) is 2.61. The van der Waals surface area contributed by atoms with Crippen LogP contribution in [0.25, 0.3) is 5.65 Å². The number of imidazole rings is 1. The Kier molecular flexibility index (Phi) is 2.26. The van der Waals surface area contributed by atoms with Gasteiger partial charge in [0, 0.05) is 18.5 Å². The van der Waals surface area contributed by atoms with Gasteiger partial charge < -0.3 is 4.74 Å². The van der Waals surface area contributed by atoms with Gasteiger partial charge in [0.2, 0.25) is 0 Å². The van der Waals surface area contributed by atoms with Crippen LogP contribution in [-0.4, -0.2) is 27.6 Å². The number of ether oxygens (including phenoxy) is 1. The minimum atomic E-state index is -2.48. The van der Waals surface area contributed by atoms with Crippen LogP contribution in [0.3, 0.4) is 0 Å². The number of hydrogen-bond acceptors (Lipinski definition) is 3. The summed E-state index contributed by atoms with van der Waals surface area (Å²) in [4.78, 5) is 3.94. The fourth-order valence-electron chi connectivity index (χ4n) is 1.03. The molecule has 0 amide bonds. The first-order valence-corrected chi connectivity index (χ1v) is 3.96. The molecule has 0 fully saturated rings. The topological polar surface area (TPSA) is 39.4 Å². The standard InChI is InChI=1S/C8H7F2N3O/c9-7(10)5-14-6-3-8-11-1-2-13(8)12-4-6/h1-4,7H,5H2. The van der Waals surface area contributed by atoms with Gasteiger partial charge in [-0.3, -0.25) is 0 Å². The lowest BCUT2D eigenvalue weighted by Crippen LogP contribution is -2.07. The Morgan fingerprint density at radius 3 is 3.14 bits per heavy atom. The Morgan fingerprint density at radius 1 is 1.50 bits per heavy atom. The van der Waals surface area contributed by atoms with E-state index in [2.05, 4.69) is 10.1 Å². The van der Waals surface area contributed by atoms with Crippen molar-refractivity contribution in [1.82, 2.24) is 14.6 Å². The molecule has 74 valence electrons. The molecule has 14 heavy (non-hydrogen) atoms. The van der Waals surface area contributed by atoms with Gasteiger partial charge in [-0.25, -0.2) is 18.3 Å². The van der Waals surface area contributed by atoms with E-state index < -0.39 is 13.0 Å². The van der Waals surface area contributed by atoms with E-state index in [0.29, 0.717) is 11.4 Å². The zero-order chi connectivity index (χ0) is 9.97. The summed E-state index contributed by atoms with van der Waals surface area (Å²) in [7, 11) is 0. The van der Waals surface area contributed by atoms with Crippen LogP contribution in [0, 0.1) is 0 Å². The van der Waals surface area contributed by atoms with Crippen LogP contribution in [-0.2, 0) is 0 Å². The quantitative estimate of drug-likeness (QED) is 0.749. The first kappa shape index (κ1) is 8.86. The predicted octanol–water partition coefficient (Wildman–Crippen LogP) is 1.37. The molecule has 4 nitrogen and oxygen atoms in total. The molecule has 0 aliphatic heterocycles. The lowest BCUT2D eigenvalue weighted by atomic mass is 10.5. The van der Waals surface area contributed by atoms with Crippen LogP contribution in [0.5, 0.6) is 5.75 Å². The molecule has 0 radical (unpaired) electrons. The third-order valence-electron chi connectivity index (χ3n) is 1.61. The lowest BCUT2D eigenvalue weighted by Gasteiger charge is -2.04. The zero-order valence-corrected chi connectivity index (χ0v) is 7.10. The predicted molar refractivity (Wildman–Crippen MR) is 44.5 cm³/mol. The van der Waals surface area contributed by atoms with Crippen molar-refractivity contribution in [3.05, 3.63) is 24.7 Å². The number of aromatic nitrogens is 3. The number of hydrogen-bond donors (Lipinski definition) is 0. The second-order valence-electron chi connectivity index (χ2n) is 2.62. The van der Waals surface area contributed by atoms with Crippen molar-refractivity contribution in [2.75, 3.05) is 6.61 Å². The third kappa shape index (κ3) is 1.78. The molecule has 0 bridgehead atoms. The van der Waals surface area contributed by atoms with Gasteiger partial charge in [0.05, 0.1) is 6.20 Å². The van der Waals surface area contributed by atoms with Gasteiger partial charge in [0.1, 0.15) is 12.4 Å². The fourth-order valence-corrected chi connectivity index (χ4v) is 1.03. The minimum absolute atomic E-state index is 0.295. The summed E-state index contributed by atoms with van der Waals surface area (Å²) in [5.41, 5.74) is 0.566. The van der Waals surface area contributed by atoms with Crippen molar-refractivity contribution in [1.29, 1.82) is 0 Å². The molecular formula is C8H7F2N3O. The van der Waals surface area contributed by atoms with Gasteiger partial charge >= 0.3 is 0 Å². The van der Waals surface area contributed by atoms with E-state index in [4.69, 9.17) is 4.74 Å². The smallest absolute Gasteiger partial charge is 0.272 e. The van der Waals surface area contributed by atoms with E-state index in [0.717, 1.165) is 0 Å². The number of fused-ring (bicyclic) bond motifs is 1. The molecule has 0 saturated heterocycles. The van der Waals surface area contributed by atoms with Crippen LogP contribution in [0.1, 0.15) is 0 Å². The summed E-state index contributed by atoms with van der Waals surface area (Å²) in [6.45, 7) is -0.626. The van der Waals surface area contributed by atoms with Gasteiger partial charge in [0.25, 0.3) is 6.43 Å². The molecule has 2 aromatic heterocycles. The average molecular weight is 199 g/mol. The number of halogens is 2. The molecular weight excluding hydrogens is 192 g/mol. The van der Waals surface area contributed by atoms with Crippen molar-refractivity contribution in [2.24, 2.45) is 0 Å². The highest BCUT2D eigenvalue weighted by molar-refractivity contribution is 5.41. The fraction of sp³-hybridized carbons (Fsp3) is 0.250. The molecule has 0 aliphatic rings. The van der Waals surface area contributed by atoms with Gasteiger partial charge in [0.15, 0.2) is 5.65 Å². The molecule has 0 unspecified atom stereocenters. The molecule has 6 heteroatoms. The van der Waals surface area contributed by atoms with Gasteiger partial charge in [-0.2, -0.15) is 5.10 Å². The molecule has 0 atom stereocenters. The maximum atomic E-state index is 11.8. The van der Waals surface area contributed by atoms with Crippen LogP contribution >= 0.6 is 0 Å². The highest BCUT2D eigenvalue weighted by atomic mass is 19.3. The van der Waals surface area contributed by atoms with E-state index in [9.17, 15) is 8.78 Å². The molecule has 2 rings (SSSR count). The first-order chi connectivity index (χ1) is 6.75. The molecule has 0 spiro atoms. The van der Waals surface area contributed by atoms with E-state index in [-0.39, 0.29) is 0 Å². The highest BCUT2D eigenvalue weighted by Crippen LogP contribution is 2.11. The molecule has 0 N–H and O–H groups in total. The van der Waals surface area contributed by atoms with Crippen LogP contribution in [0.2, 0.25) is 0 Å². The Labute approximate surface area is 78.1 Å². The molecule has 0 aliphatic carbocycles. The minimum Gasteiger partial charge on any atom is -0.486 e. The van der Waals surface area contributed by atoms with E-state index in [1.54, 1.807) is 18.5 Å². The summed E-state index contributed by atoms with van der Waals surface area (Å²) in [6.07, 6.45) is 2.12. The number of nitrogens with zero attached hydrogens (tertiary/aromatic N) is 3. The summed E-state index contributed by atoms with van der Waals surface area (Å²) in [5, 5.41) is 3.90. The molecule has 2 aromatic rings. The number of rotatable bonds is 3. The Morgan fingerprint density at radius 2 is 2.36 bits per heavy atom. The summed E-state index contributed by atoms with van der Waals surface area (Å²) < 4.78 is 29.9. The normalized spacial score (nSPS) is 11.1. The summed E-state index contributed by atoms with van der Waals surface area (Å²) >= 11 is 0. The Bertz CT molecular complexity index is 429. The van der Waals surface area contributed by atoms with Gasteiger partial charge in [-0.05, 0) is 0 Å². The SMILES string of the molecule is FC(F)COc1cnn2ccnc2c1. The highest BCUT2D eigenvalue weighted by Gasteiger charge is 2.04. The van der Waals surface area contributed by atoms with Crippen molar-refractivity contribution in [2.45, 2.75) is 6.43 Å². The first-order valence-electron chi connectivity index (χ1n) is 3.96. The van der Waals surface area contributed by atoms with Gasteiger partial charge in [-0.1, -0.05) is 0 Å². The molecule has 2 heterocycles. The maximum absolute atomic E-state index is 11.8. The largest absolute Gasteiger partial charge is 0.486 e.